The van der Waals surface area contributed by atoms with E-state index in [1.165, 1.54) is 19.0 Å². The molecule has 0 unspecified atom stereocenters. The average molecular weight is 419 g/mol. The van der Waals surface area contributed by atoms with Crippen LogP contribution in [0.1, 0.15) is 36.0 Å². The standard InChI is InChI=1S/C21H26N4O3.ClH/c26-19(25-9-7-15(8-10-25)22-11-14-5-6-14)13-24-21(28)17-12-23-18-4-2-1-3-16(18)20(17)27;/h1-4,12,14-15,22H,5-11,13H2,(H,23,27)(H,24,28);1H. The van der Waals surface area contributed by atoms with Crippen molar-refractivity contribution in [3.8, 4) is 0 Å². The van der Waals surface area contributed by atoms with Gasteiger partial charge in [0.15, 0.2) is 0 Å². The summed E-state index contributed by atoms with van der Waals surface area (Å²) in [5, 5.41) is 6.65. The van der Waals surface area contributed by atoms with Gasteiger partial charge in [0.25, 0.3) is 5.91 Å². The van der Waals surface area contributed by atoms with Crippen LogP contribution in [0.25, 0.3) is 10.9 Å². The number of hydrogen-bond donors (Lipinski definition) is 3. The lowest BCUT2D eigenvalue weighted by Gasteiger charge is -2.32. The number of nitrogens with zero attached hydrogens (tertiary/aromatic N) is 1. The molecule has 1 aromatic heterocycles. The van der Waals surface area contributed by atoms with Gasteiger partial charge in [0.05, 0.1) is 6.54 Å². The number of amides is 2. The van der Waals surface area contributed by atoms with E-state index in [-0.39, 0.29) is 35.9 Å². The predicted octanol–water partition coefficient (Wildman–Crippen LogP) is 1.67. The quantitative estimate of drug-likeness (QED) is 0.665. The minimum absolute atomic E-state index is 0. The van der Waals surface area contributed by atoms with Crippen LogP contribution in [0.5, 0.6) is 0 Å². The van der Waals surface area contributed by atoms with Crippen LogP contribution >= 0.6 is 12.4 Å². The number of pyridine rings is 1. The number of carbonyl (C=O) groups is 2. The molecule has 0 spiro atoms. The molecule has 7 nitrogen and oxygen atoms in total. The summed E-state index contributed by atoms with van der Waals surface area (Å²) in [5.74, 6) is 0.223. The van der Waals surface area contributed by atoms with Gasteiger partial charge in [-0.15, -0.1) is 12.4 Å². The average Bonchev–Trinajstić information content (AvgIpc) is 3.56. The number of halogens is 1. The fourth-order valence-electron chi connectivity index (χ4n) is 3.69. The van der Waals surface area contributed by atoms with E-state index in [9.17, 15) is 14.4 Å². The van der Waals surface area contributed by atoms with E-state index >= 15 is 0 Å². The number of hydrogen-bond acceptors (Lipinski definition) is 4. The molecule has 2 amide bonds. The molecule has 2 heterocycles. The second-order valence-electron chi connectivity index (χ2n) is 7.77. The van der Waals surface area contributed by atoms with Gasteiger partial charge in [-0.25, -0.2) is 0 Å². The zero-order valence-electron chi connectivity index (χ0n) is 16.3. The topological polar surface area (TPSA) is 94.3 Å². The minimum atomic E-state index is -0.527. The summed E-state index contributed by atoms with van der Waals surface area (Å²) in [6.07, 6.45) is 5.96. The van der Waals surface area contributed by atoms with Gasteiger partial charge in [-0.3, -0.25) is 14.4 Å². The number of aromatic amines is 1. The van der Waals surface area contributed by atoms with Gasteiger partial charge in [0, 0.05) is 36.2 Å². The highest BCUT2D eigenvalue weighted by molar-refractivity contribution is 5.98. The van der Waals surface area contributed by atoms with Gasteiger partial charge in [-0.05, 0) is 50.3 Å². The lowest BCUT2D eigenvalue weighted by molar-refractivity contribution is -0.131. The number of para-hydroxylation sites is 1. The number of piperidine rings is 1. The van der Waals surface area contributed by atoms with E-state index in [4.69, 9.17) is 0 Å². The van der Waals surface area contributed by atoms with Crippen LogP contribution in [-0.4, -0.2) is 53.9 Å². The zero-order valence-corrected chi connectivity index (χ0v) is 17.1. The number of carbonyl (C=O) groups excluding carboxylic acids is 2. The smallest absolute Gasteiger partial charge is 0.257 e. The Balaban J connectivity index is 0.00000240. The van der Waals surface area contributed by atoms with E-state index in [0.29, 0.717) is 30.0 Å². The molecule has 8 heteroatoms. The van der Waals surface area contributed by atoms with Gasteiger partial charge in [-0.1, -0.05) is 12.1 Å². The Morgan fingerprint density at radius 3 is 2.55 bits per heavy atom. The number of likely N-dealkylation sites (tertiary alicyclic amines) is 1. The molecule has 1 aliphatic carbocycles. The van der Waals surface area contributed by atoms with Crippen molar-refractivity contribution < 1.29 is 9.59 Å². The lowest BCUT2D eigenvalue weighted by atomic mass is 10.0. The highest BCUT2D eigenvalue weighted by Crippen LogP contribution is 2.28. The molecule has 2 fully saturated rings. The molecule has 29 heavy (non-hydrogen) atoms. The van der Waals surface area contributed by atoms with Crippen LogP contribution in [-0.2, 0) is 4.79 Å². The van der Waals surface area contributed by atoms with Crippen molar-refractivity contribution in [2.75, 3.05) is 26.2 Å². The Kier molecular flexibility index (Phi) is 6.92. The molecular weight excluding hydrogens is 392 g/mol. The van der Waals surface area contributed by atoms with E-state index in [1.54, 1.807) is 23.1 Å². The molecule has 4 rings (SSSR count). The van der Waals surface area contributed by atoms with Crippen molar-refractivity contribution in [2.24, 2.45) is 5.92 Å². The van der Waals surface area contributed by atoms with Gasteiger partial charge < -0.3 is 20.5 Å². The van der Waals surface area contributed by atoms with E-state index in [2.05, 4.69) is 15.6 Å². The van der Waals surface area contributed by atoms with Crippen LogP contribution < -0.4 is 16.1 Å². The first kappa shape index (κ1) is 21.3. The van der Waals surface area contributed by atoms with Gasteiger partial charge in [-0.2, -0.15) is 0 Å². The maximum absolute atomic E-state index is 12.5. The first-order valence-corrected chi connectivity index (χ1v) is 10.0. The summed E-state index contributed by atoms with van der Waals surface area (Å²) in [6, 6.07) is 7.52. The summed E-state index contributed by atoms with van der Waals surface area (Å²) in [4.78, 5) is 42.0. The second-order valence-corrected chi connectivity index (χ2v) is 7.77. The lowest BCUT2D eigenvalue weighted by Crippen LogP contribution is -2.48. The van der Waals surface area contributed by atoms with Crippen LogP contribution in [0.2, 0.25) is 0 Å². The first-order chi connectivity index (χ1) is 13.6. The van der Waals surface area contributed by atoms with Crippen molar-refractivity contribution in [2.45, 2.75) is 31.7 Å². The molecule has 0 bridgehead atoms. The number of fused-ring (bicyclic) bond motifs is 1. The number of rotatable bonds is 6. The van der Waals surface area contributed by atoms with Gasteiger partial charge in [0.2, 0.25) is 11.3 Å². The highest BCUT2D eigenvalue weighted by atomic mass is 35.5. The maximum Gasteiger partial charge on any atom is 0.257 e. The highest BCUT2D eigenvalue weighted by Gasteiger charge is 2.26. The van der Waals surface area contributed by atoms with Crippen LogP contribution in [0.3, 0.4) is 0 Å². The number of benzene rings is 1. The molecule has 156 valence electrons. The van der Waals surface area contributed by atoms with Crippen molar-refractivity contribution in [1.82, 2.24) is 20.5 Å². The number of H-pyrrole nitrogens is 1. The zero-order chi connectivity index (χ0) is 19.5. The van der Waals surface area contributed by atoms with Crippen molar-refractivity contribution in [3.05, 3.63) is 46.2 Å². The van der Waals surface area contributed by atoms with Crippen molar-refractivity contribution in [3.63, 3.8) is 0 Å². The molecule has 0 radical (unpaired) electrons. The van der Waals surface area contributed by atoms with Gasteiger partial charge in [0.1, 0.15) is 5.56 Å². The second kappa shape index (κ2) is 9.41. The normalized spacial score (nSPS) is 17.0. The molecule has 1 saturated heterocycles. The summed E-state index contributed by atoms with van der Waals surface area (Å²) in [6.45, 7) is 2.40. The minimum Gasteiger partial charge on any atom is -0.360 e. The SMILES string of the molecule is Cl.O=C(NCC(=O)N1CCC(NCC2CC2)CC1)c1c[nH]c2ccccc2c1=O. The molecule has 1 aromatic carbocycles. The molecule has 0 atom stereocenters. The van der Waals surface area contributed by atoms with Crippen LogP contribution in [0.15, 0.2) is 35.3 Å². The van der Waals surface area contributed by atoms with Crippen molar-refractivity contribution in [1.29, 1.82) is 0 Å². The summed E-state index contributed by atoms with van der Waals surface area (Å²) >= 11 is 0. The fraction of sp³-hybridized carbons (Fsp3) is 0.476. The van der Waals surface area contributed by atoms with E-state index in [0.717, 1.165) is 25.3 Å². The van der Waals surface area contributed by atoms with Crippen LogP contribution in [0.4, 0.5) is 0 Å². The molecule has 2 aliphatic rings. The third-order valence-corrected chi connectivity index (χ3v) is 5.67. The third-order valence-electron chi connectivity index (χ3n) is 5.67. The van der Waals surface area contributed by atoms with Crippen molar-refractivity contribution >= 4 is 35.1 Å². The van der Waals surface area contributed by atoms with Crippen LogP contribution in [0, 0.1) is 5.92 Å². The Morgan fingerprint density at radius 1 is 1.10 bits per heavy atom. The Bertz CT molecular complexity index is 933. The molecule has 3 N–H and O–H groups in total. The summed E-state index contributed by atoms with van der Waals surface area (Å²) in [5.41, 5.74) is 0.370. The molecule has 2 aromatic rings. The Labute approximate surface area is 175 Å². The third kappa shape index (κ3) is 5.16. The predicted molar refractivity (Wildman–Crippen MR) is 114 cm³/mol. The van der Waals surface area contributed by atoms with Gasteiger partial charge >= 0.3 is 0 Å². The Morgan fingerprint density at radius 2 is 1.83 bits per heavy atom. The molecular formula is C21H27ClN4O3. The monoisotopic (exact) mass is 418 g/mol. The summed E-state index contributed by atoms with van der Waals surface area (Å²) in [7, 11) is 0. The number of aromatic nitrogens is 1. The fourth-order valence-corrected chi connectivity index (χ4v) is 3.69. The summed E-state index contributed by atoms with van der Waals surface area (Å²) < 4.78 is 0. The number of nitrogens with one attached hydrogen (secondary N) is 3. The molecule has 1 aliphatic heterocycles. The van der Waals surface area contributed by atoms with E-state index in [1.807, 2.05) is 6.07 Å². The maximum atomic E-state index is 12.5. The largest absolute Gasteiger partial charge is 0.360 e. The first-order valence-electron chi connectivity index (χ1n) is 10.0. The van der Waals surface area contributed by atoms with E-state index < -0.39 is 5.91 Å². The molecule has 1 saturated carbocycles. The Hall–Kier alpha value is -2.38.